The van der Waals surface area contributed by atoms with E-state index < -0.39 is 5.91 Å². The Morgan fingerprint density at radius 2 is 2.00 bits per heavy atom. The van der Waals surface area contributed by atoms with Crippen LogP contribution in [0.4, 0.5) is 0 Å². The van der Waals surface area contributed by atoms with E-state index in [0.29, 0.717) is 5.56 Å². The van der Waals surface area contributed by atoms with Gasteiger partial charge in [0.05, 0.1) is 0 Å². The number of nitrogens with one attached hydrogen (secondary N) is 1. The molecule has 0 saturated carbocycles. The molecule has 0 heterocycles. The van der Waals surface area contributed by atoms with Gasteiger partial charge in [-0.25, -0.2) is 5.48 Å². The molecule has 0 unspecified atom stereocenters. The molecule has 0 aliphatic rings. The summed E-state index contributed by atoms with van der Waals surface area (Å²) in [6.07, 6.45) is 0. The minimum Gasteiger partial charge on any atom is -0.288 e. The maximum absolute atomic E-state index is 11.1. The summed E-state index contributed by atoms with van der Waals surface area (Å²) in [5, 5.41) is 8.46. The molecule has 0 bridgehead atoms. The zero-order valence-electron chi connectivity index (χ0n) is 7.39. The largest absolute Gasteiger partial charge is 0.288 e. The number of amides is 1. The maximum atomic E-state index is 11.1. The number of carbonyl (C=O) groups excluding carboxylic acids is 1. The number of hydroxylamine groups is 1. The van der Waals surface area contributed by atoms with Gasteiger partial charge in [-0.15, -0.1) is 0 Å². The molecule has 0 atom stereocenters. The quantitative estimate of drug-likeness (QED) is 0.587. The molecule has 0 aliphatic carbocycles. The van der Waals surface area contributed by atoms with E-state index in [-0.39, 0.29) is 0 Å². The first-order valence-corrected chi connectivity index (χ1v) is 4.56. The molecule has 13 heavy (non-hydrogen) atoms. The van der Waals surface area contributed by atoms with Crippen LogP contribution >= 0.6 is 15.9 Å². The van der Waals surface area contributed by atoms with Gasteiger partial charge in [0.2, 0.25) is 0 Å². The number of hydrogen-bond donors (Lipinski definition) is 2. The third-order valence-electron chi connectivity index (χ3n) is 1.85. The van der Waals surface area contributed by atoms with Crippen molar-refractivity contribution in [1.29, 1.82) is 0 Å². The van der Waals surface area contributed by atoms with E-state index in [0.717, 1.165) is 15.6 Å². The third-order valence-corrected chi connectivity index (χ3v) is 2.71. The lowest BCUT2D eigenvalue weighted by atomic mass is 10.1. The Hall–Kier alpha value is -0.870. The molecule has 0 radical (unpaired) electrons. The predicted molar refractivity (Wildman–Crippen MR) is 52.9 cm³/mol. The van der Waals surface area contributed by atoms with Crippen molar-refractivity contribution in [3.8, 4) is 0 Å². The summed E-state index contributed by atoms with van der Waals surface area (Å²) in [6.45, 7) is 3.70. The van der Waals surface area contributed by atoms with Crippen LogP contribution < -0.4 is 5.48 Å². The molecule has 0 aliphatic heterocycles. The average Bonchev–Trinajstić information content (AvgIpc) is 2.10. The molecule has 4 heteroatoms. The van der Waals surface area contributed by atoms with Crippen LogP contribution in [0, 0.1) is 13.8 Å². The lowest BCUT2D eigenvalue weighted by Gasteiger charge is -2.06. The second-order valence-corrected chi connectivity index (χ2v) is 3.71. The Morgan fingerprint density at radius 1 is 1.38 bits per heavy atom. The van der Waals surface area contributed by atoms with Gasteiger partial charge in [-0.3, -0.25) is 10.0 Å². The fourth-order valence-corrected chi connectivity index (χ4v) is 1.54. The Morgan fingerprint density at radius 3 is 2.54 bits per heavy atom. The van der Waals surface area contributed by atoms with E-state index in [9.17, 15) is 4.79 Å². The van der Waals surface area contributed by atoms with Crippen molar-refractivity contribution in [2.45, 2.75) is 13.8 Å². The van der Waals surface area contributed by atoms with Crippen LogP contribution in [0.1, 0.15) is 21.5 Å². The summed E-state index contributed by atoms with van der Waals surface area (Å²) < 4.78 is 0.958. The van der Waals surface area contributed by atoms with Crippen LogP contribution in [0.2, 0.25) is 0 Å². The Bertz CT molecular complexity index is 350. The molecule has 0 aromatic heterocycles. The molecule has 0 spiro atoms. The minimum absolute atomic E-state index is 0.479. The monoisotopic (exact) mass is 243 g/mol. The second kappa shape index (κ2) is 3.89. The number of aryl methyl sites for hydroxylation is 2. The summed E-state index contributed by atoms with van der Waals surface area (Å²) in [5.74, 6) is -0.479. The summed E-state index contributed by atoms with van der Waals surface area (Å²) in [6, 6.07) is 3.57. The molecule has 1 rings (SSSR count). The number of benzene rings is 1. The highest BCUT2D eigenvalue weighted by Crippen LogP contribution is 2.20. The Kier molecular flexibility index (Phi) is 3.06. The van der Waals surface area contributed by atoms with E-state index in [1.165, 1.54) is 0 Å². The van der Waals surface area contributed by atoms with Gasteiger partial charge in [0.25, 0.3) is 5.91 Å². The first-order chi connectivity index (χ1) is 6.06. The SMILES string of the molecule is Cc1cc(C(=O)NO)c(C)cc1Br. The van der Waals surface area contributed by atoms with Crippen molar-refractivity contribution in [1.82, 2.24) is 5.48 Å². The van der Waals surface area contributed by atoms with Gasteiger partial charge in [-0.05, 0) is 37.1 Å². The summed E-state index contributed by atoms with van der Waals surface area (Å²) in [4.78, 5) is 11.1. The van der Waals surface area contributed by atoms with Crippen molar-refractivity contribution in [3.63, 3.8) is 0 Å². The highest BCUT2D eigenvalue weighted by molar-refractivity contribution is 9.10. The summed E-state index contributed by atoms with van der Waals surface area (Å²) in [7, 11) is 0. The topological polar surface area (TPSA) is 49.3 Å². The van der Waals surface area contributed by atoms with Gasteiger partial charge < -0.3 is 0 Å². The van der Waals surface area contributed by atoms with Gasteiger partial charge in [0.15, 0.2) is 0 Å². The smallest absolute Gasteiger partial charge is 0.274 e. The van der Waals surface area contributed by atoms with Crippen molar-refractivity contribution in [2.75, 3.05) is 0 Å². The highest BCUT2D eigenvalue weighted by atomic mass is 79.9. The zero-order chi connectivity index (χ0) is 10.0. The molecule has 3 nitrogen and oxygen atoms in total. The lowest BCUT2D eigenvalue weighted by Crippen LogP contribution is -2.19. The molecule has 2 N–H and O–H groups in total. The third kappa shape index (κ3) is 2.08. The van der Waals surface area contributed by atoms with Gasteiger partial charge in [0.1, 0.15) is 0 Å². The van der Waals surface area contributed by atoms with E-state index in [4.69, 9.17) is 5.21 Å². The average molecular weight is 244 g/mol. The first kappa shape index (κ1) is 10.2. The highest BCUT2D eigenvalue weighted by Gasteiger charge is 2.09. The number of hydrogen-bond acceptors (Lipinski definition) is 2. The Labute approximate surface area is 84.9 Å². The molecular weight excluding hydrogens is 234 g/mol. The van der Waals surface area contributed by atoms with E-state index in [2.05, 4.69) is 15.9 Å². The fourth-order valence-electron chi connectivity index (χ4n) is 1.09. The zero-order valence-corrected chi connectivity index (χ0v) is 8.97. The van der Waals surface area contributed by atoms with Gasteiger partial charge in [0, 0.05) is 10.0 Å². The molecule has 1 aromatic rings. The molecule has 70 valence electrons. The van der Waals surface area contributed by atoms with Crippen molar-refractivity contribution < 1.29 is 10.0 Å². The standard InChI is InChI=1S/C9H10BrNO2/c1-5-4-8(10)6(2)3-7(5)9(12)11-13/h3-4,13H,1-2H3,(H,11,12). The van der Waals surface area contributed by atoms with E-state index in [1.54, 1.807) is 11.5 Å². The Balaban J connectivity index is 3.23. The maximum Gasteiger partial charge on any atom is 0.274 e. The van der Waals surface area contributed by atoms with Gasteiger partial charge >= 0.3 is 0 Å². The molecule has 1 aromatic carbocycles. The fraction of sp³-hybridized carbons (Fsp3) is 0.222. The van der Waals surface area contributed by atoms with Crippen LogP contribution in [0.5, 0.6) is 0 Å². The summed E-state index contributed by atoms with van der Waals surface area (Å²) >= 11 is 3.36. The van der Waals surface area contributed by atoms with Gasteiger partial charge in [-0.2, -0.15) is 0 Å². The normalized spacial score (nSPS) is 9.85. The van der Waals surface area contributed by atoms with Crippen LogP contribution in [-0.2, 0) is 0 Å². The van der Waals surface area contributed by atoms with Crippen LogP contribution in [0.25, 0.3) is 0 Å². The van der Waals surface area contributed by atoms with Gasteiger partial charge in [-0.1, -0.05) is 15.9 Å². The van der Waals surface area contributed by atoms with E-state index in [1.807, 2.05) is 19.9 Å². The number of halogens is 1. The minimum atomic E-state index is -0.479. The second-order valence-electron chi connectivity index (χ2n) is 2.86. The van der Waals surface area contributed by atoms with Crippen LogP contribution in [0.15, 0.2) is 16.6 Å². The van der Waals surface area contributed by atoms with Crippen LogP contribution in [-0.4, -0.2) is 11.1 Å². The molecule has 0 saturated heterocycles. The molecule has 1 amide bonds. The van der Waals surface area contributed by atoms with E-state index >= 15 is 0 Å². The molecular formula is C9H10BrNO2. The predicted octanol–water partition coefficient (Wildman–Crippen LogP) is 2.18. The number of rotatable bonds is 1. The molecule has 0 fully saturated rings. The van der Waals surface area contributed by atoms with Crippen molar-refractivity contribution in [2.24, 2.45) is 0 Å². The van der Waals surface area contributed by atoms with Crippen LogP contribution in [0.3, 0.4) is 0 Å². The summed E-state index contributed by atoms with van der Waals surface area (Å²) in [5.41, 5.74) is 3.89. The first-order valence-electron chi connectivity index (χ1n) is 3.77. The van der Waals surface area contributed by atoms with Crippen molar-refractivity contribution >= 4 is 21.8 Å². The lowest BCUT2D eigenvalue weighted by molar-refractivity contribution is 0.0705. The van der Waals surface area contributed by atoms with Crippen molar-refractivity contribution in [3.05, 3.63) is 33.3 Å². The number of carbonyl (C=O) groups is 1.